The summed E-state index contributed by atoms with van der Waals surface area (Å²) in [7, 11) is 0. The molecule has 0 aliphatic heterocycles. The summed E-state index contributed by atoms with van der Waals surface area (Å²) in [4.78, 5) is 38.7. The average Bonchev–Trinajstić information content (AvgIpc) is 2.96. The lowest BCUT2D eigenvalue weighted by atomic mass is 9.25. The molecule has 4 N–H and O–H groups in total. The second kappa shape index (κ2) is 11.6. The van der Waals surface area contributed by atoms with Crippen molar-refractivity contribution in [1.82, 2.24) is 0 Å². The molecule has 0 unspecified atom stereocenters. The highest BCUT2D eigenvalue weighted by Crippen LogP contribution is 2.83. The number of nitrogens with one attached hydrogen (secondary N) is 2. The molecule has 0 radical (unpaired) electrons. The van der Waals surface area contributed by atoms with E-state index >= 15 is 0 Å². The maximum Gasteiger partial charge on any atom is 0.231 e. The number of ketones is 1. The van der Waals surface area contributed by atoms with Crippen LogP contribution in [0.25, 0.3) is 0 Å². The first-order valence-corrected chi connectivity index (χ1v) is 18.4. The van der Waals surface area contributed by atoms with E-state index in [1.165, 1.54) is 24.3 Å². The molecule has 50 heavy (non-hydrogen) atoms. The van der Waals surface area contributed by atoms with E-state index in [0.717, 1.165) is 77.0 Å². The second-order valence-corrected chi connectivity index (χ2v) is 17.3. The van der Waals surface area contributed by atoms with E-state index in [1.807, 2.05) is 0 Å². The van der Waals surface area contributed by atoms with Gasteiger partial charge in [0, 0.05) is 28.9 Å². The number of carbonyl (C=O) groups is 3. The van der Waals surface area contributed by atoms with Crippen molar-refractivity contribution in [3.05, 3.63) is 94.0 Å². The summed E-state index contributed by atoms with van der Waals surface area (Å²) in [6, 6.07) is 16.9. The highest BCUT2D eigenvalue weighted by molar-refractivity contribution is 6.42. The topological polar surface area (TPSA) is 101 Å². The lowest BCUT2D eigenvalue weighted by molar-refractivity contribution is -0.278. The first-order chi connectivity index (χ1) is 23.7. The van der Waals surface area contributed by atoms with E-state index in [9.17, 15) is 23.2 Å². The summed E-state index contributed by atoms with van der Waals surface area (Å²) >= 11 is 12.0. The fourth-order valence-corrected chi connectivity index (χ4v) is 11.1. The van der Waals surface area contributed by atoms with Crippen LogP contribution < -0.4 is 16.4 Å². The maximum atomic E-state index is 13.2. The molecule has 8 aliphatic carbocycles. The molecule has 3 aromatic rings. The number of hydrogen-bond donors (Lipinski definition) is 3. The van der Waals surface area contributed by atoms with E-state index in [1.54, 1.807) is 42.5 Å². The standard InChI is InChI=1S/C24H22Cl2FNO2.C16H19FN2O/c25-18-7-2-15(10-19(18)26)20(29)11-22-12-23(13-22,14-22)24(8-1-9-24)21(30)28-17-5-3-16(27)4-6-17;17-11-2-4-12(5-3-11)19-13(20)16(6-1-7-16)14-8-15(18,9-14)10-14/h2-7,10H,1,8-9,11-14H2,(H,28,30);2-5H,1,6-10,18H2,(H,19,20). The summed E-state index contributed by atoms with van der Waals surface area (Å²) < 4.78 is 26.1. The third-order valence-electron chi connectivity index (χ3n) is 13.5. The quantitative estimate of drug-likeness (QED) is 0.192. The van der Waals surface area contributed by atoms with Crippen molar-refractivity contribution in [3.63, 3.8) is 0 Å². The van der Waals surface area contributed by atoms with Crippen molar-refractivity contribution in [3.8, 4) is 0 Å². The molecule has 3 aromatic carbocycles. The van der Waals surface area contributed by atoms with E-state index in [4.69, 9.17) is 28.9 Å². The summed E-state index contributed by atoms with van der Waals surface area (Å²) in [5.41, 5.74) is 7.68. The second-order valence-electron chi connectivity index (χ2n) is 16.5. The van der Waals surface area contributed by atoms with Crippen molar-refractivity contribution in [2.24, 2.45) is 32.8 Å². The highest BCUT2D eigenvalue weighted by Gasteiger charge is 2.78. The molecule has 4 bridgehead atoms. The van der Waals surface area contributed by atoms with Crippen LogP contribution in [0.15, 0.2) is 66.7 Å². The molecule has 0 saturated heterocycles. The SMILES string of the molecule is NC12CC(C3(C(=O)Nc4ccc(F)cc4)CCC3)(C1)C2.O=C(CC12CC(C3(C(=O)Nc4ccc(F)cc4)CCC3)(C1)C2)c1ccc(Cl)c(Cl)c1. The Kier molecular flexibility index (Phi) is 7.83. The third kappa shape index (κ3) is 5.15. The average molecular weight is 721 g/mol. The van der Waals surface area contributed by atoms with Gasteiger partial charge in [-0.2, -0.15) is 0 Å². The van der Waals surface area contributed by atoms with Gasteiger partial charge in [0.1, 0.15) is 11.6 Å². The van der Waals surface area contributed by atoms with Gasteiger partial charge in [-0.3, -0.25) is 14.4 Å². The molecule has 2 amide bonds. The van der Waals surface area contributed by atoms with Crippen molar-refractivity contribution < 1.29 is 23.2 Å². The summed E-state index contributed by atoms with van der Waals surface area (Å²) in [6.07, 6.45) is 12.1. The minimum atomic E-state index is -0.351. The lowest BCUT2D eigenvalue weighted by Gasteiger charge is -2.78. The molecule has 8 aliphatic rings. The number of carbonyl (C=O) groups excluding carboxylic acids is 3. The van der Waals surface area contributed by atoms with Crippen molar-refractivity contribution >= 4 is 52.2 Å². The molecule has 0 spiro atoms. The Hall–Kier alpha value is -3.33. The Morgan fingerprint density at radius 1 is 0.640 bits per heavy atom. The van der Waals surface area contributed by atoms with Crippen LogP contribution in [0.1, 0.15) is 93.8 Å². The van der Waals surface area contributed by atoms with Gasteiger partial charge in [-0.05, 0) is 147 Å². The number of nitrogens with two attached hydrogens (primary N) is 1. The Labute approximate surface area is 300 Å². The largest absolute Gasteiger partial charge is 0.326 e. The molecule has 0 atom stereocenters. The molecule has 262 valence electrons. The number of anilines is 2. The van der Waals surface area contributed by atoms with Gasteiger partial charge in [0.15, 0.2) is 5.78 Å². The zero-order valence-electron chi connectivity index (χ0n) is 27.9. The molecular formula is C40H41Cl2F2N3O3. The summed E-state index contributed by atoms with van der Waals surface area (Å²) in [5, 5.41) is 6.81. The zero-order valence-corrected chi connectivity index (χ0v) is 29.4. The normalized spacial score (nSPS) is 31.3. The predicted octanol–water partition coefficient (Wildman–Crippen LogP) is 9.50. The number of amides is 2. The van der Waals surface area contributed by atoms with Crippen LogP contribution in [-0.4, -0.2) is 23.1 Å². The Morgan fingerprint density at radius 2 is 1.08 bits per heavy atom. The van der Waals surface area contributed by atoms with E-state index < -0.39 is 0 Å². The van der Waals surface area contributed by atoms with Gasteiger partial charge in [0.05, 0.1) is 20.9 Å². The van der Waals surface area contributed by atoms with Gasteiger partial charge in [-0.15, -0.1) is 0 Å². The van der Waals surface area contributed by atoms with Crippen LogP contribution in [0.4, 0.5) is 20.2 Å². The van der Waals surface area contributed by atoms with Crippen LogP contribution in [0.5, 0.6) is 0 Å². The minimum Gasteiger partial charge on any atom is -0.326 e. The number of benzene rings is 3. The fraction of sp³-hybridized carbons (Fsp3) is 0.475. The zero-order chi connectivity index (χ0) is 35.2. The van der Waals surface area contributed by atoms with Crippen molar-refractivity contribution in [2.45, 2.75) is 89.0 Å². The molecular weight excluding hydrogens is 679 g/mol. The summed E-state index contributed by atoms with van der Waals surface area (Å²) in [6.45, 7) is 0. The Balaban J connectivity index is 0.000000156. The molecule has 0 aromatic heterocycles. The Bertz CT molecular complexity index is 1850. The number of hydrogen-bond acceptors (Lipinski definition) is 4. The van der Waals surface area contributed by atoms with Crippen molar-refractivity contribution in [1.29, 1.82) is 0 Å². The summed E-state index contributed by atoms with van der Waals surface area (Å²) in [5.74, 6) is -0.368. The van der Waals surface area contributed by atoms with Gasteiger partial charge >= 0.3 is 0 Å². The van der Waals surface area contributed by atoms with Gasteiger partial charge in [-0.25, -0.2) is 8.78 Å². The van der Waals surface area contributed by atoms with E-state index in [-0.39, 0.29) is 61.8 Å². The molecule has 8 fully saturated rings. The molecule has 11 rings (SSSR count). The van der Waals surface area contributed by atoms with Gasteiger partial charge in [-0.1, -0.05) is 36.0 Å². The highest BCUT2D eigenvalue weighted by atomic mass is 35.5. The maximum absolute atomic E-state index is 13.2. The van der Waals surface area contributed by atoms with Crippen molar-refractivity contribution in [2.75, 3.05) is 10.6 Å². The molecule has 10 heteroatoms. The smallest absolute Gasteiger partial charge is 0.231 e. The number of Topliss-reactive ketones (excluding diaryl/α,β-unsaturated/α-hetero) is 1. The molecule has 6 nitrogen and oxygen atoms in total. The molecule has 8 saturated carbocycles. The third-order valence-corrected chi connectivity index (χ3v) is 14.2. The van der Waals surface area contributed by atoms with Crippen LogP contribution in [-0.2, 0) is 9.59 Å². The van der Waals surface area contributed by atoms with Crippen LogP contribution in [0.2, 0.25) is 10.0 Å². The van der Waals surface area contributed by atoms with Crippen LogP contribution in [0, 0.1) is 38.7 Å². The first kappa shape index (κ1) is 33.8. The van der Waals surface area contributed by atoms with E-state index in [2.05, 4.69) is 10.6 Å². The van der Waals surface area contributed by atoms with Gasteiger partial charge < -0.3 is 16.4 Å². The number of halogens is 4. The molecule has 0 heterocycles. The Morgan fingerprint density at radius 3 is 1.46 bits per heavy atom. The van der Waals surface area contributed by atoms with Gasteiger partial charge in [0.25, 0.3) is 0 Å². The first-order valence-electron chi connectivity index (χ1n) is 17.7. The number of rotatable bonds is 9. The van der Waals surface area contributed by atoms with Gasteiger partial charge in [0.2, 0.25) is 11.8 Å². The fourth-order valence-electron chi connectivity index (χ4n) is 10.8. The van der Waals surface area contributed by atoms with Crippen LogP contribution in [0.3, 0.4) is 0 Å². The monoisotopic (exact) mass is 719 g/mol. The van der Waals surface area contributed by atoms with Crippen LogP contribution >= 0.6 is 23.2 Å². The predicted molar refractivity (Wildman–Crippen MR) is 190 cm³/mol. The van der Waals surface area contributed by atoms with E-state index in [0.29, 0.717) is 33.4 Å². The lowest BCUT2D eigenvalue weighted by Crippen LogP contribution is -2.79. The minimum absolute atomic E-state index is 0.00723.